The van der Waals surface area contributed by atoms with Crippen molar-refractivity contribution in [2.75, 3.05) is 20.6 Å². The second-order valence-corrected chi connectivity index (χ2v) is 10.8. The quantitative estimate of drug-likeness (QED) is 0.589. The van der Waals surface area contributed by atoms with Gasteiger partial charge in [-0.25, -0.2) is 8.42 Å². The van der Waals surface area contributed by atoms with Gasteiger partial charge in [-0.15, -0.1) is 11.3 Å². The number of piperidine rings is 1. The van der Waals surface area contributed by atoms with E-state index in [-0.39, 0.29) is 11.9 Å². The fourth-order valence-corrected chi connectivity index (χ4v) is 7.10. The molecule has 1 aliphatic rings. The van der Waals surface area contributed by atoms with E-state index in [0.717, 1.165) is 34.9 Å². The Balaban J connectivity index is 1.75. The van der Waals surface area contributed by atoms with Gasteiger partial charge in [0, 0.05) is 31.4 Å². The third-order valence-electron chi connectivity index (χ3n) is 5.66. The number of carbonyl (C=O) groups excluding carboxylic acids is 1. The lowest BCUT2D eigenvalue weighted by Crippen LogP contribution is -2.44. The second-order valence-electron chi connectivity index (χ2n) is 7.89. The Hall–Kier alpha value is -2.22. The standard InChI is InChI=1S/C23H26N2O3S2/c1-24(2)23(26)22-20(19-13-6-7-14-21(19)29-22)16-17-10-8-9-15-25(17)30(27,28)18-11-4-3-5-12-18/h3-7,11-14,17H,8-10,15-16H2,1-2H3. The van der Waals surface area contributed by atoms with Crippen LogP contribution in [0.25, 0.3) is 10.1 Å². The van der Waals surface area contributed by atoms with Crippen LogP contribution in [-0.4, -0.2) is 50.2 Å². The predicted molar refractivity (Wildman–Crippen MR) is 122 cm³/mol. The van der Waals surface area contributed by atoms with E-state index in [1.807, 2.05) is 30.3 Å². The predicted octanol–water partition coefficient (Wildman–Crippen LogP) is 4.39. The molecule has 1 amide bonds. The van der Waals surface area contributed by atoms with E-state index in [4.69, 9.17) is 0 Å². The van der Waals surface area contributed by atoms with Gasteiger partial charge in [-0.3, -0.25) is 4.79 Å². The van der Waals surface area contributed by atoms with Gasteiger partial charge in [0.2, 0.25) is 10.0 Å². The molecular formula is C23H26N2O3S2. The largest absolute Gasteiger partial charge is 0.344 e. The third-order valence-corrected chi connectivity index (χ3v) is 8.83. The SMILES string of the molecule is CN(C)C(=O)c1sc2ccccc2c1CC1CCCCN1S(=O)(=O)c1ccccc1. The molecule has 4 rings (SSSR count). The average Bonchev–Trinajstić information content (AvgIpc) is 3.12. The summed E-state index contributed by atoms with van der Waals surface area (Å²) in [6, 6.07) is 16.5. The molecule has 1 unspecified atom stereocenters. The first-order chi connectivity index (χ1) is 14.4. The number of nitrogens with zero attached hydrogens (tertiary/aromatic N) is 2. The van der Waals surface area contributed by atoms with Crippen molar-refractivity contribution >= 4 is 37.4 Å². The van der Waals surface area contributed by atoms with Crippen LogP contribution in [0.5, 0.6) is 0 Å². The van der Waals surface area contributed by atoms with Gasteiger partial charge >= 0.3 is 0 Å². The number of carbonyl (C=O) groups is 1. The van der Waals surface area contributed by atoms with E-state index in [2.05, 4.69) is 0 Å². The molecule has 0 radical (unpaired) electrons. The first kappa shape index (κ1) is 21.0. The topological polar surface area (TPSA) is 57.7 Å². The number of amides is 1. The fourth-order valence-electron chi connectivity index (χ4n) is 4.14. The zero-order chi connectivity index (χ0) is 21.3. The Morgan fingerprint density at radius 2 is 1.77 bits per heavy atom. The summed E-state index contributed by atoms with van der Waals surface area (Å²) in [5.41, 5.74) is 0.967. The minimum Gasteiger partial charge on any atom is -0.344 e. The summed E-state index contributed by atoms with van der Waals surface area (Å²) < 4.78 is 29.5. The van der Waals surface area contributed by atoms with Gasteiger partial charge in [0.15, 0.2) is 0 Å². The number of hydrogen-bond acceptors (Lipinski definition) is 4. The normalized spacial score (nSPS) is 17.9. The lowest BCUT2D eigenvalue weighted by molar-refractivity contribution is 0.0831. The molecule has 2 aromatic carbocycles. The number of thiophene rings is 1. The minimum atomic E-state index is -3.58. The van der Waals surface area contributed by atoms with Crippen molar-refractivity contribution in [1.82, 2.24) is 9.21 Å². The Morgan fingerprint density at radius 3 is 2.50 bits per heavy atom. The van der Waals surface area contributed by atoms with E-state index < -0.39 is 10.0 Å². The second kappa shape index (κ2) is 8.49. The summed E-state index contributed by atoms with van der Waals surface area (Å²) in [6.07, 6.45) is 3.19. The van der Waals surface area contributed by atoms with Crippen molar-refractivity contribution in [3.63, 3.8) is 0 Å². The molecule has 0 aliphatic carbocycles. The lowest BCUT2D eigenvalue weighted by atomic mass is 9.95. The highest BCUT2D eigenvalue weighted by atomic mass is 32.2. The molecule has 0 spiro atoms. The number of rotatable bonds is 5. The minimum absolute atomic E-state index is 0.0283. The first-order valence-corrected chi connectivity index (χ1v) is 12.4. The molecular weight excluding hydrogens is 416 g/mol. The van der Waals surface area contributed by atoms with Crippen molar-refractivity contribution in [2.24, 2.45) is 0 Å². The van der Waals surface area contributed by atoms with Gasteiger partial charge in [0.25, 0.3) is 5.91 Å². The van der Waals surface area contributed by atoms with Crippen molar-refractivity contribution < 1.29 is 13.2 Å². The van der Waals surface area contributed by atoms with Crippen LogP contribution in [-0.2, 0) is 16.4 Å². The molecule has 1 fully saturated rings. The molecule has 158 valence electrons. The van der Waals surface area contributed by atoms with Crippen LogP contribution in [0, 0.1) is 0 Å². The average molecular weight is 443 g/mol. The van der Waals surface area contributed by atoms with Gasteiger partial charge in [0.05, 0.1) is 9.77 Å². The van der Waals surface area contributed by atoms with Gasteiger partial charge < -0.3 is 4.90 Å². The van der Waals surface area contributed by atoms with E-state index in [1.165, 1.54) is 11.3 Å². The van der Waals surface area contributed by atoms with Crippen LogP contribution < -0.4 is 0 Å². The van der Waals surface area contributed by atoms with Gasteiger partial charge in [-0.1, -0.05) is 42.8 Å². The molecule has 1 aromatic heterocycles. The maximum atomic E-state index is 13.4. The van der Waals surface area contributed by atoms with Gasteiger partial charge in [0.1, 0.15) is 0 Å². The van der Waals surface area contributed by atoms with Crippen molar-refractivity contribution in [1.29, 1.82) is 0 Å². The van der Waals surface area contributed by atoms with Crippen molar-refractivity contribution in [2.45, 2.75) is 36.6 Å². The Bertz CT molecular complexity index is 1150. The Kier molecular flexibility index (Phi) is 5.95. The molecule has 30 heavy (non-hydrogen) atoms. The molecule has 1 aliphatic heterocycles. The van der Waals surface area contributed by atoms with Crippen LogP contribution in [0.1, 0.15) is 34.5 Å². The van der Waals surface area contributed by atoms with Gasteiger partial charge in [-0.2, -0.15) is 4.31 Å². The lowest BCUT2D eigenvalue weighted by Gasteiger charge is -2.35. The van der Waals surface area contributed by atoms with Crippen LogP contribution in [0.4, 0.5) is 0 Å². The van der Waals surface area contributed by atoms with Crippen molar-refractivity contribution in [3.05, 3.63) is 65.0 Å². The summed E-state index contributed by atoms with van der Waals surface area (Å²) in [4.78, 5) is 15.5. The maximum absolute atomic E-state index is 13.4. The number of benzene rings is 2. The zero-order valence-electron chi connectivity index (χ0n) is 17.2. The molecule has 1 saturated heterocycles. The Morgan fingerprint density at radius 1 is 1.07 bits per heavy atom. The van der Waals surface area contributed by atoms with Crippen LogP contribution in [0.3, 0.4) is 0 Å². The highest BCUT2D eigenvalue weighted by molar-refractivity contribution is 7.89. The molecule has 1 atom stereocenters. The van der Waals surface area contributed by atoms with Crippen LogP contribution in [0.2, 0.25) is 0 Å². The number of sulfonamides is 1. The van der Waals surface area contributed by atoms with E-state index in [9.17, 15) is 13.2 Å². The molecule has 2 heterocycles. The summed E-state index contributed by atoms with van der Waals surface area (Å²) in [7, 11) is -0.0692. The highest BCUT2D eigenvalue weighted by Crippen LogP contribution is 2.36. The number of hydrogen-bond donors (Lipinski definition) is 0. The summed E-state index contributed by atoms with van der Waals surface area (Å²) in [5, 5.41) is 1.05. The van der Waals surface area contributed by atoms with E-state index in [1.54, 1.807) is 47.6 Å². The molecule has 0 N–H and O–H groups in total. The smallest absolute Gasteiger partial charge is 0.263 e. The van der Waals surface area contributed by atoms with E-state index >= 15 is 0 Å². The summed E-state index contributed by atoms with van der Waals surface area (Å²) >= 11 is 1.49. The first-order valence-electron chi connectivity index (χ1n) is 10.2. The number of fused-ring (bicyclic) bond motifs is 1. The fraction of sp³-hybridized carbons (Fsp3) is 0.348. The Labute approximate surface area is 182 Å². The molecule has 0 bridgehead atoms. The zero-order valence-corrected chi connectivity index (χ0v) is 18.9. The summed E-state index contributed by atoms with van der Waals surface area (Å²) in [6.45, 7) is 0.515. The molecule has 5 nitrogen and oxygen atoms in total. The van der Waals surface area contributed by atoms with Crippen LogP contribution >= 0.6 is 11.3 Å². The molecule has 0 saturated carbocycles. The van der Waals surface area contributed by atoms with Crippen LogP contribution in [0.15, 0.2) is 59.5 Å². The summed E-state index contributed by atoms with van der Waals surface area (Å²) in [5.74, 6) is -0.0283. The molecule has 7 heteroatoms. The monoisotopic (exact) mass is 442 g/mol. The molecule has 3 aromatic rings. The van der Waals surface area contributed by atoms with Gasteiger partial charge in [-0.05, 0) is 48.4 Å². The van der Waals surface area contributed by atoms with Crippen molar-refractivity contribution in [3.8, 4) is 0 Å². The highest BCUT2D eigenvalue weighted by Gasteiger charge is 2.35. The van der Waals surface area contributed by atoms with E-state index in [0.29, 0.717) is 22.7 Å². The third kappa shape index (κ3) is 3.89. The maximum Gasteiger partial charge on any atom is 0.263 e.